The summed E-state index contributed by atoms with van der Waals surface area (Å²) < 4.78 is 16.8. The van der Waals surface area contributed by atoms with E-state index in [2.05, 4.69) is 20.8 Å². The molecule has 0 N–H and O–H groups in total. The molecule has 0 fully saturated rings. The lowest BCUT2D eigenvalue weighted by Crippen LogP contribution is -2.22. The van der Waals surface area contributed by atoms with Gasteiger partial charge in [0.05, 0.1) is 12.7 Å². The van der Waals surface area contributed by atoms with E-state index in [9.17, 15) is 14.4 Å². The molecule has 0 saturated heterocycles. The zero-order valence-electron chi connectivity index (χ0n) is 26.8. The summed E-state index contributed by atoms with van der Waals surface area (Å²) in [5.74, 6) is -0.452. The molecule has 0 aromatic rings. The van der Waals surface area contributed by atoms with Crippen molar-refractivity contribution in [3.63, 3.8) is 0 Å². The van der Waals surface area contributed by atoms with E-state index in [1.807, 2.05) is 6.92 Å². The van der Waals surface area contributed by atoms with Gasteiger partial charge in [0.1, 0.15) is 6.10 Å². The topological polar surface area (TPSA) is 78.9 Å². The molecule has 2 atom stereocenters. The minimum absolute atomic E-state index is 0.122. The van der Waals surface area contributed by atoms with Crippen LogP contribution >= 0.6 is 0 Å². The van der Waals surface area contributed by atoms with Gasteiger partial charge in [-0.2, -0.15) is 0 Å². The van der Waals surface area contributed by atoms with Gasteiger partial charge in [-0.1, -0.05) is 111 Å². The minimum Gasteiger partial charge on any atom is -0.466 e. The highest BCUT2D eigenvalue weighted by Gasteiger charge is 2.17. The lowest BCUT2D eigenvalue weighted by molar-refractivity contribution is -0.152. The van der Waals surface area contributed by atoms with Gasteiger partial charge in [-0.15, -0.1) is 0 Å². The maximum atomic E-state index is 12.5. The Morgan fingerprint density at radius 3 is 1.40 bits per heavy atom. The highest BCUT2D eigenvalue weighted by atomic mass is 16.6. The highest BCUT2D eigenvalue weighted by Crippen LogP contribution is 2.16. The molecule has 0 amide bonds. The van der Waals surface area contributed by atoms with Crippen molar-refractivity contribution in [2.75, 3.05) is 6.61 Å². The van der Waals surface area contributed by atoms with E-state index >= 15 is 0 Å². The first-order valence-electron chi connectivity index (χ1n) is 17.0. The largest absolute Gasteiger partial charge is 0.466 e. The summed E-state index contributed by atoms with van der Waals surface area (Å²) in [7, 11) is 0. The van der Waals surface area contributed by atoms with E-state index in [1.54, 1.807) is 0 Å². The van der Waals surface area contributed by atoms with E-state index in [-0.39, 0.29) is 36.7 Å². The third-order valence-electron chi connectivity index (χ3n) is 7.42. The SMILES string of the molecule is CCCCCCCCCC(=O)OC(CCCC(C)OC(=O)CCCCCCC)CCOC(=O)CCCCCCC. The average molecular weight is 569 g/mol. The van der Waals surface area contributed by atoms with E-state index in [1.165, 1.54) is 64.2 Å². The van der Waals surface area contributed by atoms with Gasteiger partial charge in [-0.25, -0.2) is 0 Å². The number of unbranched alkanes of at least 4 members (excludes halogenated alkanes) is 14. The quantitative estimate of drug-likeness (QED) is 0.0507. The maximum Gasteiger partial charge on any atom is 0.306 e. The second-order valence-electron chi connectivity index (χ2n) is 11.6. The first kappa shape index (κ1) is 38.4. The number of hydrogen-bond acceptors (Lipinski definition) is 6. The smallest absolute Gasteiger partial charge is 0.306 e. The van der Waals surface area contributed by atoms with Crippen LogP contribution in [0.15, 0.2) is 0 Å². The van der Waals surface area contributed by atoms with Crippen molar-refractivity contribution in [2.24, 2.45) is 0 Å². The molecule has 0 aliphatic rings. The van der Waals surface area contributed by atoms with Crippen LogP contribution in [0.25, 0.3) is 0 Å². The number of ether oxygens (including phenoxy) is 3. The summed E-state index contributed by atoms with van der Waals surface area (Å²) >= 11 is 0. The highest BCUT2D eigenvalue weighted by molar-refractivity contribution is 5.70. The molecule has 0 aromatic heterocycles. The summed E-state index contributed by atoms with van der Waals surface area (Å²) in [5.41, 5.74) is 0. The van der Waals surface area contributed by atoms with Gasteiger partial charge in [0.15, 0.2) is 0 Å². The summed E-state index contributed by atoms with van der Waals surface area (Å²) in [4.78, 5) is 36.7. The predicted molar refractivity (Wildman–Crippen MR) is 164 cm³/mol. The zero-order chi connectivity index (χ0) is 29.7. The Hall–Kier alpha value is -1.59. The van der Waals surface area contributed by atoms with Crippen LogP contribution in [0, 0.1) is 0 Å². The zero-order valence-corrected chi connectivity index (χ0v) is 26.8. The normalized spacial score (nSPS) is 12.6. The van der Waals surface area contributed by atoms with Gasteiger partial charge >= 0.3 is 17.9 Å². The van der Waals surface area contributed by atoms with Crippen LogP contribution in [0.2, 0.25) is 0 Å². The van der Waals surface area contributed by atoms with Gasteiger partial charge in [0.2, 0.25) is 0 Å². The lowest BCUT2D eigenvalue weighted by atomic mass is 10.1. The van der Waals surface area contributed by atoms with Crippen LogP contribution in [-0.2, 0) is 28.6 Å². The molecule has 236 valence electrons. The molecule has 6 nitrogen and oxygen atoms in total. The third kappa shape index (κ3) is 26.6. The van der Waals surface area contributed by atoms with Crippen molar-refractivity contribution >= 4 is 17.9 Å². The third-order valence-corrected chi connectivity index (χ3v) is 7.42. The molecule has 0 aromatic carbocycles. The van der Waals surface area contributed by atoms with Crippen LogP contribution in [0.1, 0.15) is 182 Å². The molecule has 0 radical (unpaired) electrons. The Balaban J connectivity index is 4.42. The van der Waals surface area contributed by atoms with E-state index in [4.69, 9.17) is 14.2 Å². The molecule has 0 rings (SSSR count). The fourth-order valence-electron chi connectivity index (χ4n) is 4.83. The second kappa shape index (κ2) is 28.9. The molecule has 2 unspecified atom stereocenters. The molecular weight excluding hydrogens is 504 g/mol. The van der Waals surface area contributed by atoms with Crippen molar-refractivity contribution in [2.45, 2.75) is 194 Å². The molecule has 40 heavy (non-hydrogen) atoms. The predicted octanol–water partition coefficient (Wildman–Crippen LogP) is 9.80. The van der Waals surface area contributed by atoms with Gasteiger partial charge in [-0.05, 0) is 45.4 Å². The standard InChI is InChI=1S/C34H64O6/c1-5-8-11-14-15-18-21-27-34(37)40-31(28-29-38-32(35)25-19-16-12-9-6-2)24-22-23-30(4)39-33(36)26-20-17-13-10-7-3/h30-31H,5-29H2,1-4H3. The van der Waals surface area contributed by atoms with Gasteiger partial charge in [0, 0.05) is 25.7 Å². The molecule has 0 heterocycles. The van der Waals surface area contributed by atoms with E-state index in [0.717, 1.165) is 57.8 Å². The first-order chi connectivity index (χ1) is 19.4. The second-order valence-corrected chi connectivity index (χ2v) is 11.6. The average Bonchev–Trinajstić information content (AvgIpc) is 2.92. The van der Waals surface area contributed by atoms with Gasteiger partial charge in [0.25, 0.3) is 0 Å². The Labute approximate surface area is 247 Å². The summed E-state index contributed by atoms with van der Waals surface area (Å²) in [6.07, 6.45) is 22.8. The Morgan fingerprint density at radius 2 is 0.900 bits per heavy atom. The number of carbonyl (C=O) groups excluding carboxylic acids is 3. The lowest BCUT2D eigenvalue weighted by Gasteiger charge is -2.19. The Bertz CT molecular complexity index is 605. The number of carbonyl (C=O) groups is 3. The minimum atomic E-state index is -0.282. The molecular formula is C34H64O6. The van der Waals surface area contributed by atoms with Gasteiger partial charge in [-0.3, -0.25) is 14.4 Å². The van der Waals surface area contributed by atoms with Crippen molar-refractivity contribution in [3.05, 3.63) is 0 Å². The summed E-state index contributed by atoms with van der Waals surface area (Å²) in [6, 6.07) is 0. The van der Waals surface area contributed by atoms with Crippen LogP contribution in [-0.4, -0.2) is 36.7 Å². The first-order valence-corrected chi connectivity index (χ1v) is 17.0. The Kier molecular flexibility index (Phi) is 27.8. The molecule has 0 spiro atoms. The monoisotopic (exact) mass is 568 g/mol. The number of rotatable bonds is 29. The van der Waals surface area contributed by atoms with Crippen LogP contribution in [0.4, 0.5) is 0 Å². The van der Waals surface area contributed by atoms with Crippen molar-refractivity contribution in [1.29, 1.82) is 0 Å². The molecule has 0 bridgehead atoms. The fraction of sp³-hybridized carbons (Fsp3) is 0.912. The summed E-state index contributed by atoms with van der Waals surface area (Å²) in [6.45, 7) is 8.77. The number of hydrogen-bond donors (Lipinski definition) is 0. The van der Waals surface area contributed by atoms with Crippen LogP contribution in [0.3, 0.4) is 0 Å². The van der Waals surface area contributed by atoms with Gasteiger partial charge < -0.3 is 14.2 Å². The van der Waals surface area contributed by atoms with Crippen molar-refractivity contribution < 1.29 is 28.6 Å². The molecule has 0 aliphatic carbocycles. The van der Waals surface area contributed by atoms with E-state index in [0.29, 0.717) is 32.1 Å². The van der Waals surface area contributed by atoms with Crippen LogP contribution in [0.5, 0.6) is 0 Å². The maximum absolute atomic E-state index is 12.5. The van der Waals surface area contributed by atoms with Crippen LogP contribution < -0.4 is 0 Å². The number of esters is 3. The summed E-state index contributed by atoms with van der Waals surface area (Å²) in [5, 5.41) is 0. The fourth-order valence-corrected chi connectivity index (χ4v) is 4.83. The molecule has 6 heteroatoms. The van der Waals surface area contributed by atoms with Crippen molar-refractivity contribution in [1.82, 2.24) is 0 Å². The van der Waals surface area contributed by atoms with E-state index < -0.39 is 0 Å². The molecule has 0 aliphatic heterocycles. The van der Waals surface area contributed by atoms with Crippen molar-refractivity contribution in [3.8, 4) is 0 Å². The molecule has 0 saturated carbocycles. The Morgan fingerprint density at radius 1 is 0.475 bits per heavy atom.